The molecular formula is C20H20N4O2. The Labute approximate surface area is 151 Å². The van der Waals surface area contributed by atoms with Crippen molar-refractivity contribution >= 4 is 22.8 Å². The van der Waals surface area contributed by atoms with E-state index in [4.69, 9.17) is 0 Å². The van der Waals surface area contributed by atoms with Gasteiger partial charge < -0.3 is 16.0 Å². The van der Waals surface area contributed by atoms with E-state index in [0.29, 0.717) is 18.7 Å². The Balaban J connectivity index is 1.50. The van der Waals surface area contributed by atoms with Gasteiger partial charge in [0.2, 0.25) is 0 Å². The summed E-state index contributed by atoms with van der Waals surface area (Å²) in [6, 6.07) is 16.7. The van der Waals surface area contributed by atoms with Crippen LogP contribution in [0.25, 0.3) is 10.9 Å². The highest BCUT2D eigenvalue weighted by Crippen LogP contribution is 2.13. The van der Waals surface area contributed by atoms with Crippen molar-refractivity contribution in [1.29, 1.82) is 0 Å². The molecule has 0 saturated heterocycles. The number of hydrogen-bond acceptors (Lipinski definition) is 3. The zero-order valence-corrected chi connectivity index (χ0v) is 14.5. The smallest absolute Gasteiger partial charge is 0.315 e. The first-order valence-corrected chi connectivity index (χ1v) is 8.32. The third-order valence-electron chi connectivity index (χ3n) is 4.02. The fraction of sp³-hybridized carbons (Fsp3) is 0.150. The number of nitrogens with one attached hydrogen (secondary N) is 3. The predicted octanol–water partition coefficient (Wildman–Crippen LogP) is 2.59. The molecule has 3 aromatic rings. The van der Waals surface area contributed by atoms with Crippen molar-refractivity contribution in [3.8, 4) is 0 Å². The minimum Gasteiger partial charge on any atom is -0.355 e. The second kappa shape index (κ2) is 8.11. The van der Waals surface area contributed by atoms with E-state index in [2.05, 4.69) is 20.9 Å². The summed E-state index contributed by atoms with van der Waals surface area (Å²) in [6.07, 6.45) is 1.76. The van der Waals surface area contributed by atoms with E-state index in [-0.39, 0.29) is 11.9 Å². The topological polar surface area (TPSA) is 83.1 Å². The molecule has 1 aromatic heterocycles. The Morgan fingerprint density at radius 3 is 2.35 bits per heavy atom. The molecule has 0 radical (unpaired) electrons. The lowest BCUT2D eigenvalue weighted by Gasteiger charge is -2.09. The molecule has 0 aliphatic rings. The van der Waals surface area contributed by atoms with Crippen molar-refractivity contribution in [3.05, 3.63) is 77.5 Å². The van der Waals surface area contributed by atoms with E-state index in [1.54, 1.807) is 25.4 Å². The van der Waals surface area contributed by atoms with Gasteiger partial charge >= 0.3 is 6.03 Å². The molecule has 0 fully saturated rings. The van der Waals surface area contributed by atoms with E-state index < -0.39 is 0 Å². The molecule has 6 heteroatoms. The minimum atomic E-state index is -0.244. The van der Waals surface area contributed by atoms with Crippen molar-refractivity contribution in [1.82, 2.24) is 20.9 Å². The van der Waals surface area contributed by atoms with Crippen LogP contribution in [-0.2, 0) is 13.1 Å². The Morgan fingerprint density at radius 1 is 0.923 bits per heavy atom. The maximum atomic E-state index is 12.0. The summed E-state index contributed by atoms with van der Waals surface area (Å²) in [7, 11) is 1.59. The molecule has 1 heterocycles. The van der Waals surface area contributed by atoms with Crippen molar-refractivity contribution in [2.45, 2.75) is 13.1 Å². The van der Waals surface area contributed by atoms with Gasteiger partial charge in [0, 0.05) is 37.3 Å². The minimum absolute atomic E-state index is 0.132. The van der Waals surface area contributed by atoms with Crippen LogP contribution < -0.4 is 16.0 Å². The monoisotopic (exact) mass is 348 g/mol. The molecule has 0 atom stereocenters. The number of carbonyl (C=O) groups is 2. The number of pyridine rings is 1. The second-order valence-corrected chi connectivity index (χ2v) is 5.84. The molecular weight excluding hydrogens is 328 g/mol. The molecule has 6 nitrogen and oxygen atoms in total. The van der Waals surface area contributed by atoms with E-state index in [9.17, 15) is 9.59 Å². The molecule has 0 bridgehead atoms. The molecule has 0 saturated carbocycles. The Morgan fingerprint density at radius 2 is 1.62 bits per heavy atom. The summed E-state index contributed by atoms with van der Waals surface area (Å²) in [5.41, 5.74) is 3.45. The highest BCUT2D eigenvalue weighted by atomic mass is 16.2. The largest absolute Gasteiger partial charge is 0.355 e. The average molecular weight is 348 g/mol. The number of carbonyl (C=O) groups excluding carboxylic acids is 2. The first-order chi connectivity index (χ1) is 12.7. The van der Waals surface area contributed by atoms with Crippen molar-refractivity contribution in [2.75, 3.05) is 7.05 Å². The van der Waals surface area contributed by atoms with E-state index in [1.165, 1.54) is 0 Å². The average Bonchev–Trinajstić information content (AvgIpc) is 2.70. The zero-order valence-electron chi connectivity index (χ0n) is 14.5. The SMILES string of the molecule is CNC(=O)c1ccc(CNC(=O)NCc2ccc3ncccc3c2)cc1. The number of nitrogens with zero attached hydrogens (tertiary/aromatic N) is 1. The van der Waals surface area contributed by atoms with Gasteiger partial charge in [-0.15, -0.1) is 0 Å². The normalized spacial score (nSPS) is 10.3. The maximum Gasteiger partial charge on any atom is 0.315 e. The summed E-state index contributed by atoms with van der Waals surface area (Å²) in [6.45, 7) is 0.827. The number of urea groups is 1. The van der Waals surface area contributed by atoms with Gasteiger partial charge in [-0.25, -0.2) is 4.79 Å². The molecule has 0 aliphatic heterocycles. The van der Waals surface area contributed by atoms with Crippen LogP contribution in [-0.4, -0.2) is 24.0 Å². The predicted molar refractivity (Wildman–Crippen MR) is 101 cm³/mol. The highest BCUT2D eigenvalue weighted by molar-refractivity contribution is 5.93. The molecule has 0 unspecified atom stereocenters. The van der Waals surface area contributed by atoms with Crippen molar-refractivity contribution in [3.63, 3.8) is 0 Å². The van der Waals surface area contributed by atoms with E-state index in [1.807, 2.05) is 42.5 Å². The number of hydrogen-bond donors (Lipinski definition) is 3. The maximum absolute atomic E-state index is 12.0. The van der Waals surface area contributed by atoms with Gasteiger partial charge in [0.25, 0.3) is 5.91 Å². The Bertz CT molecular complexity index is 923. The number of fused-ring (bicyclic) bond motifs is 1. The number of aromatic nitrogens is 1. The third-order valence-corrected chi connectivity index (χ3v) is 4.02. The molecule has 0 spiro atoms. The van der Waals surface area contributed by atoms with Crippen LogP contribution in [0.1, 0.15) is 21.5 Å². The molecule has 3 amide bonds. The summed E-state index contributed by atoms with van der Waals surface area (Å²) in [5, 5.41) is 9.26. The zero-order chi connectivity index (χ0) is 18.4. The van der Waals surface area contributed by atoms with Gasteiger partial charge in [0.15, 0.2) is 0 Å². The van der Waals surface area contributed by atoms with Crippen LogP contribution in [0, 0.1) is 0 Å². The number of benzene rings is 2. The molecule has 132 valence electrons. The van der Waals surface area contributed by atoms with Crippen LogP contribution in [0.2, 0.25) is 0 Å². The van der Waals surface area contributed by atoms with Gasteiger partial charge in [-0.1, -0.05) is 24.3 Å². The van der Waals surface area contributed by atoms with Crippen LogP contribution in [0.4, 0.5) is 4.79 Å². The number of rotatable bonds is 5. The van der Waals surface area contributed by atoms with Gasteiger partial charge in [0.1, 0.15) is 0 Å². The van der Waals surface area contributed by atoms with E-state index >= 15 is 0 Å². The lowest BCUT2D eigenvalue weighted by Crippen LogP contribution is -2.34. The van der Waals surface area contributed by atoms with E-state index in [0.717, 1.165) is 22.0 Å². The van der Waals surface area contributed by atoms with Crippen LogP contribution in [0.15, 0.2) is 60.8 Å². The molecule has 0 aliphatic carbocycles. The first-order valence-electron chi connectivity index (χ1n) is 8.32. The standard InChI is InChI=1S/C20H20N4O2/c1-21-19(25)16-7-4-14(5-8-16)12-23-20(26)24-13-15-6-9-18-17(11-15)3-2-10-22-18/h2-11H,12-13H2,1H3,(H,21,25)(H2,23,24,26). The van der Waals surface area contributed by atoms with Gasteiger partial charge in [-0.3, -0.25) is 9.78 Å². The summed E-state index contributed by atoms with van der Waals surface area (Å²) >= 11 is 0. The van der Waals surface area contributed by atoms with Gasteiger partial charge in [-0.2, -0.15) is 0 Å². The lowest BCUT2D eigenvalue weighted by atomic mass is 10.1. The third kappa shape index (κ3) is 4.36. The van der Waals surface area contributed by atoms with Gasteiger partial charge in [-0.05, 0) is 41.5 Å². The fourth-order valence-electron chi connectivity index (χ4n) is 2.58. The highest BCUT2D eigenvalue weighted by Gasteiger charge is 2.04. The molecule has 2 aromatic carbocycles. The Kier molecular flexibility index (Phi) is 5.43. The fourth-order valence-corrected chi connectivity index (χ4v) is 2.58. The van der Waals surface area contributed by atoms with Crippen LogP contribution in [0.5, 0.6) is 0 Å². The summed E-state index contributed by atoms with van der Waals surface area (Å²) in [5.74, 6) is -0.132. The summed E-state index contributed by atoms with van der Waals surface area (Å²) in [4.78, 5) is 27.8. The van der Waals surface area contributed by atoms with Crippen LogP contribution in [0.3, 0.4) is 0 Å². The lowest BCUT2D eigenvalue weighted by molar-refractivity contribution is 0.0963. The number of amides is 3. The van der Waals surface area contributed by atoms with Crippen LogP contribution >= 0.6 is 0 Å². The van der Waals surface area contributed by atoms with Crippen molar-refractivity contribution in [2.24, 2.45) is 0 Å². The Hall–Kier alpha value is -3.41. The molecule has 3 rings (SSSR count). The molecule has 26 heavy (non-hydrogen) atoms. The van der Waals surface area contributed by atoms with Crippen molar-refractivity contribution < 1.29 is 9.59 Å². The molecule has 3 N–H and O–H groups in total. The first kappa shape index (κ1) is 17.4. The summed E-state index contributed by atoms with van der Waals surface area (Å²) < 4.78 is 0. The quantitative estimate of drug-likeness (QED) is 0.663. The van der Waals surface area contributed by atoms with Gasteiger partial charge in [0.05, 0.1) is 5.52 Å². The second-order valence-electron chi connectivity index (χ2n) is 5.84.